The molecule has 1 saturated carbocycles. The average molecular weight is 194 g/mol. The number of rotatable bonds is 2. The van der Waals surface area contributed by atoms with E-state index in [1.54, 1.807) is 6.92 Å². The zero-order valence-corrected chi connectivity index (χ0v) is 8.21. The van der Waals surface area contributed by atoms with Crippen LogP contribution >= 0.6 is 0 Å². The zero-order valence-electron chi connectivity index (χ0n) is 8.21. The van der Waals surface area contributed by atoms with Crippen LogP contribution in [0.25, 0.3) is 0 Å². The van der Waals surface area contributed by atoms with Crippen molar-refractivity contribution in [2.24, 2.45) is 5.92 Å². The molecule has 14 heavy (non-hydrogen) atoms. The number of nitrogens with one attached hydrogen (secondary N) is 2. The first kappa shape index (κ1) is 9.18. The van der Waals surface area contributed by atoms with E-state index in [1.165, 1.54) is 0 Å². The van der Waals surface area contributed by atoms with Crippen LogP contribution in [0.1, 0.15) is 31.5 Å². The molecule has 1 aromatic rings. The topological polar surface area (TPSA) is 70.7 Å². The summed E-state index contributed by atoms with van der Waals surface area (Å²) in [6.45, 7) is 1.80. The normalized spacial score (nSPS) is 17.2. The van der Waals surface area contributed by atoms with Gasteiger partial charge in [0.1, 0.15) is 5.82 Å². The van der Waals surface area contributed by atoms with Gasteiger partial charge in [-0.2, -0.15) is 4.98 Å². The summed E-state index contributed by atoms with van der Waals surface area (Å²) in [4.78, 5) is 15.6. The molecule has 1 fully saturated rings. The number of hydrogen-bond donors (Lipinski definition) is 2. The molecule has 76 valence electrons. The van der Waals surface area contributed by atoms with Crippen molar-refractivity contribution in [2.45, 2.75) is 32.6 Å². The van der Waals surface area contributed by atoms with Crippen LogP contribution in [-0.2, 0) is 4.79 Å². The van der Waals surface area contributed by atoms with Gasteiger partial charge in [0.15, 0.2) is 0 Å². The summed E-state index contributed by atoms with van der Waals surface area (Å²) >= 11 is 0. The number of hydrogen-bond acceptors (Lipinski definition) is 3. The van der Waals surface area contributed by atoms with Gasteiger partial charge in [0.2, 0.25) is 11.9 Å². The Morgan fingerprint density at radius 3 is 2.79 bits per heavy atom. The van der Waals surface area contributed by atoms with E-state index in [0.717, 1.165) is 25.7 Å². The highest BCUT2D eigenvalue weighted by molar-refractivity contribution is 5.90. The van der Waals surface area contributed by atoms with Crippen molar-refractivity contribution in [1.29, 1.82) is 0 Å². The molecule has 0 bridgehead atoms. The lowest BCUT2D eigenvalue weighted by atomic mass is 10.1. The number of aryl methyl sites for hydroxylation is 1. The van der Waals surface area contributed by atoms with E-state index in [2.05, 4.69) is 20.5 Å². The van der Waals surface area contributed by atoms with Crippen molar-refractivity contribution < 1.29 is 4.79 Å². The van der Waals surface area contributed by atoms with E-state index >= 15 is 0 Å². The van der Waals surface area contributed by atoms with Gasteiger partial charge in [-0.25, -0.2) is 0 Å². The Morgan fingerprint density at radius 1 is 1.50 bits per heavy atom. The van der Waals surface area contributed by atoms with Crippen molar-refractivity contribution in [3.63, 3.8) is 0 Å². The zero-order chi connectivity index (χ0) is 9.97. The summed E-state index contributed by atoms with van der Waals surface area (Å²) in [5.41, 5.74) is 0. The molecule has 1 heterocycles. The molecule has 5 heteroatoms. The molecular weight excluding hydrogens is 180 g/mol. The highest BCUT2D eigenvalue weighted by atomic mass is 16.2. The minimum Gasteiger partial charge on any atom is -0.293 e. The number of carbonyl (C=O) groups is 1. The van der Waals surface area contributed by atoms with Gasteiger partial charge >= 0.3 is 0 Å². The average Bonchev–Trinajstić information content (AvgIpc) is 2.75. The third-order valence-corrected chi connectivity index (χ3v) is 2.56. The van der Waals surface area contributed by atoms with Gasteiger partial charge in [0, 0.05) is 5.92 Å². The SMILES string of the molecule is Cc1nc(NC(=O)C2CCCC2)n[nH]1. The van der Waals surface area contributed by atoms with E-state index in [9.17, 15) is 4.79 Å². The first-order chi connectivity index (χ1) is 6.75. The third-order valence-electron chi connectivity index (χ3n) is 2.56. The van der Waals surface area contributed by atoms with Gasteiger partial charge < -0.3 is 0 Å². The Hall–Kier alpha value is -1.39. The van der Waals surface area contributed by atoms with Crippen LogP contribution < -0.4 is 5.32 Å². The van der Waals surface area contributed by atoms with Crippen LogP contribution in [0.3, 0.4) is 0 Å². The number of aromatic amines is 1. The maximum Gasteiger partial charge on any atom is 0.248 e. The lowest BCUT2D eigenvalue weighted by Crippen LogP contribution is -2.20. The van der Waals surface area contributed by atoms with Crippen molar-refractivity contribution in [3.05, 3.63) is 5.82 Å². The molecule has 2 N–H and O–H groups in total. The number of H-pyrrole nitrogens is 1. The first-order valence-corrected chi connectivity index (χ1v) is 4.95. The summed E-state index contributed by atoms with van der Waals surface area (Å²) in [7, 11) is 0. The second kappa shape index (κ2) is 3.77. The molecule has 5 nitrogen and oxygen atoms in total. The van der Waals surface area contributed by atoms with Crippen LogP contribution in [0.4, 0.5) is 5.95 Å². The molecule has 0 atom stereocenters. The minimum absolute atomic E-state index is 0.0569. The largest absolute Gasteiger partial charge is 0.293 e. The number of amides is 1. The van der Waals surface area contributed by atoms with E-state index in [4.69, 9.17) is 0 Å². The predicted molar refractivity (Wildman–Crippen MR) is 51.7 cm³/mol. The Balaban J connectivity index is 1.93. The molecule has 0 aromatic carbocycles. The number of carbonyl (C=O) groups excluding carboxylic acids is 1. The molecule has 0 aliphatic heterocycles. The van der Waals surface area contributed by atoms with Crippen LogP contribution in [0.2, 0.25) is 0 Å². The van der Waals surface area contributed by atoms with Gasteiger partial charge in [-0.3, -0.25) is 15.2 Å². The lowest BCUT2D eigenvalue weighted by Gasteiger charge is -2.06. The van der Waals surface area contributed by atoms with Gasteiger partial charge in [-0.05, 0) is 19.8 Å². The fourth-order valence-corrected chi connectivity index (χ4v) is 1.80. The molecule has 0 unspecified atom stereocenters. The summed E-state index contributed by atoms with van der Waals surface area (Å²) in [6.07, 6.45) is 4.31. The van der Waals surface area contributed by atoms with Gasteiger partial charge in [-0.15, -0.1) is 5.10 Å². The number of nitrogens with zero attached hydrogens (tertiary/aromatic N) is 2. The standard InChI is InChI=1S/C9H14N4O/c1-6-10-9(13-12-6)11-8(14)7-4-2-3-5-7/h7H,2-5H2,1H3,(H2,10,11,12,13,14). The van der Waals surface area contributed by atoms with Crippen molar-refractivity contribution >= 4 is 11.9 Å². The predicted octanol–water partition coefficient (Wildman–Crippen LogP) is 1.24. The maximum atomic E-state index is 11.6. The maximum absolute atomic E-state index is 11.6. The Morgan fingerprint density at radius 2 is 2.21 bits per heavy atom. The smallest absolute Gasteiger partial charge is 0.248 e. The highest BCUT2D eigenvalue weighted by Gasteiger charge is 2.23. The summed E-state index contributed by atoms with van der Waals surface area (Å²) in [5.74, 6) is 1.32. The summed E-state index contributed by atoms with van der Waals surface area (Å²) in [6, 6.07) is 0. The molecule has 1 amide bonds. The lowest BCUT2D eigenvalue weighted by molar-refractivity contribution is -0.119. The van der Waals surface area contributed by atoms with E-state index in [1.807, 2.05) is 0 Å². The van der Waals surface area contributed by atoms with Crippen LogP contribution in [0.15, 0.2) is 0 Å². The second-order valence-electron chi connectivity index (χ2n) is 3.72. The molecule has 0 radical (unpaired) electrons. The van der Waals surface area contributed by atoms with Gasteiger partial charge in [0.05, 0.1) is 0 Å². The molecular formula is C9H14N4O. The fourth-order valence-electron chi connectivity index (χ4n) is 1.80. The minimum atomic E-state index is 0.0569. The van der Waals surface area contributed by atoms with Crippen molar-refractivity contribution in [1.82, 2.24) is 15.2 Å². The van der Waals surface area contributed by atoms with Crippen molar-refractivity contribution in [2.75, 3.05) is 5.32 Å². The summed E-state index contributed by atoms with van der Waals surface area (Å²) in [5, 5.41) is 9.26. The molecule has 2 rings (SSSR count). The first-order valence-electron chi connectivity index (χ1n) is 4.95. The molecule has 0 saturated heterocycles. The Kier molecular flexibility index (Phi) is 2.47. The van der Waals surface area contributed by atoms with Crippen molar-refractivity contribution in [3.8, 4) is 0 Å². The van der Waals surface area contributed by atoms with E-state index < -0.39 is 0 Å². The van der Waals surface area contributed by atoms with Gasteiger partial charge in [-0.1, -0.05) is 12.8 Å². The Labute approximate surface area is 82.3 Å². The molecule has 1 aromatic heterocycles. The highest BCUT2D eigenvalue weighted by Crippen LogP contribution is 2.25. The third kappa shape index (κ3) is 1.92. The molecule has 0 spiro atoms. The second-order valence-corrected chi connectivity index (χ2v) is 3.72. The number of anilines is 1. The van der Waals surface area contributed by atoms with Crippen LogP contribution in [0.5, 0.6) is 0 Å². The Bertz CT molecular complexity index is 327. The monoisotopic (exact) mass is 194 g/mol. The molecule has 1 aliphatic carbocycles. The summed E-state index contributed by atoms with van der Waals surface area (Å²) < 4.78 is 0. The van der Waals surface area contributed by atoms with Gasteiger partial charge in [0.25, 0.3) is 0 Å². The van der Waals surface area contributed by atoms with E-state index in [0.29, 0.717) is 11.8 Å². The quantitative estimate of drug-likeness (QED) is 0.744. The number of aromatic nitrogens is 3. The molecule has 1 aliphatic rings. The van der Waals surface area contributed by atoms with Crippen LogP contribution in [0, 0.1) is 12.8 Å². The van der Waals surface area contributed by atoms with Crippen LogP contribution in [-0.4, -0.2) is 21.1 Å². The van der Waals surface area contributed by atoms with E-state index in [-0.39, 0.29) is 11.8 Å². The fraction of sp³-hybridized carbons (Fsp3) is 0.667.